The summed E-state index contributed by atoms with van der Waals surface area (Å²) in [7, 11) is 0. The molecule has 0 bridgehead atoms. The Bertz CT molecular complexity index is 347. The number of carbonyl (C=O) groups excluding carboxylic acids is 1. The zero-order valence-electron chi connectivity index (χ0n) is 9.02. The molecule has 1 fully saturated rings. The molecule has 0 atom stereocenters. The molecule has 0 radical (unpaired) electrons. The molecule has 0 N–H and O–H groups in total. The van der Waals surface area contributed by atoms with Crippen LogP contribution >= 0.6 is 0 Å². The van der Waals surface area contributed by atoms with Crippen molar-refractivity contribution in [2.45, 2.75) is 19.8 Å². The molecule has 0 aliphatic heterocycles. The van der Waals surface area contributed by atoms with Crippen LogP contribution in [0.5, 0.6) is 0 Å². The van der Waals surface area contributed by atoms with E-state index < -0.39 is 0 Å². The molecule has 0 aromatic carbocycles. The summed E-state index contributed by atoms with van der Waals surface area (Å²) in [5.74, 6) is 1.65. The Morgan fingerprint density at radius 1 is 1.60 bits per heavy atom. The first-order valence-corrected chi connectivity index (χ1v) is 5.50. The number of carbonyl (C=O) groups is 1. The lowest BCUT2D eigenvalue weighted by molar-refractivity contribution is 0.112. The van der Waals surface area contributed by atoms with Crippen molar-refractivity contribution in [2.24, 2.45) is 5.92 Å². The standard InChI is InChI=1S/C12H16N2O/c1-2-14(8-10-5-6-10)12-11(9-15)4-3-7-13-12/h3-4,7,9-10H,2,5-6,8H2,1H3. The quantitative estimate of drug-likeness (QED) is 0.689. The molecule has 1 aromatic heterocycles. The van der Waals surface area contributed by atoms with Gasteiger partial charge in [0.1, 0.15) is 5.82 Å². The van der Waals surface area contributed by atoms with Crippen molar-refractivity contribution in [1.82, 2.24) is 4.98 Å². The largest absolute Gasteiger partial charge is 0.356 e. The normalized spacial score (nSPS) is 15.0. The minimum absolute atomic E-state index is 0.694. The van der Waals surface area contributed by atoms with Gasteiger partial charge in [-0.2, -0.15) is 0 Å². The lowest BCUT2D eigenvalue weighted by Gasteiger charge is -2.22. The highest BCUT2D eigenvalue weighted by Gasteiger charge is 2.25. The first-order valence-electron chi connectivity index (χ1n) is 5.50. The summed E-state index contributed by atoms with van der Waals surface area (Å²) in [6, 6.07) is 3.63. The SMILES string of the molecule is CCN(CC1CC1)c1ncccc1C=O. The van der Waals surface area contributed by atoms with Gasteiger partial charge in [0.05, 0.1) is 5.56 Å². The topological polar surface area (TPSA) is 33.2 Å². The Morgan fingerprint density at radius 3 is 3.00 bits per heavy atom. The van der Waals surface area contributed by atoms with Gasteiger partial charge in [-0.1, -0.05) is 0 Å². The van der Waals surface area contributed by atoms with E-state index in [0.29, 0.717) is 5.56 Å². The predicted molar refractivity (Wildman–Crippen MR) is 60.2 cm³/mol. The molecule has 0 spiro atoms. The van der Waals surface area contributed by atoms with Crippen LogP contribution in [-0.4, -0.2) is 24.4 Å². The number of pyridine rings is 1. The van der Waals surface area contributed by atoms with Gasteiger partial charge in [0, 0.05) is 19.3 Å². The van der Waals surface area contributed by atoms with Gasteiger partial charge >= 0.3 is 0 Å². The smallest absolute Gasteiger partial charge is 0.153 e. The second-order valence-electron chi connectivity index (χ2n) is 4.02. The van der Waals surface area contributed by atoms with Gasteiger partial charge in [0.15, 0.2) is 6.29 Å². The van der Waals surface area contributed by atoms with Crippen LogP contribution in [0.15, 0.2) is 18.3 Å². The number of rotatable bonds is 5. The van der Waals surface area contributed by atoms with E-state index in [4.69, 9.17) is 0 Å². The van der Waals surface area contributed by atoms with E-state index in [1.54, 1.807) is 12.3 Å². The summed E-state index contributed by atoms with van der Waals surface area (Å²) in [5, 5.41) is 0. The third kappa shape index (κ3) is 2.35. The van der Waals surface area contributed by atoms with Gasteiger partial charge < -0.3 is 4.90 Å². The van der Waals surface area contributed by atoms with Crippen LogP contribution in [0.25, 0.3) is 0 Å². The second-order valence-corrected chi connectivity index (χ2v) is 4.02. The fraction of sp³-hybridized carbons (Fsp3) is 0.500. The van der Waals surface area contributed by atoms with E-state index >= 15 is 0 Å². The van der Waals surface area contributed by atoms with Gasteiger partial charge in [-0.05, 0) is 37.8 Å². The fourth-order valence-electron chi connectivity index (χ4n) is 1.74. The molecule has 1 heterocycles. The van der Waals surface area contributed by atoms with Crippen LogP contribution < -0.4 is 4.90 Å². The van der Waals surface area contributed by atoms with Crippen molar-refractivity contribution in [3.05, 3.63) is 23.9 Å². The first-order chi connectivity index (χ1) is 7.35. The Labute approximate surface area is 90.1 Å². The van der Waals surface area contributed by atoms with Crippen molar-refractivity contribution in [3.63, 3.8) is 0 Å². The van der Waals surface area contributed by atoms with E-state index in [0.717, 1.165) is 31.1 Å². The van der Waals surface area contributed by atoms with E-state index in [2.05, 4.69) is 16.8 Å². The van der Waals surface area contributed by atoms with Crippen molar-refractivity contribution in [2.75, 3.05) is 18.0 Å². The van der Waals surface area contributed by atoms with E-state index in [9.17, 15) is 4.79 Å². The molecule has 3 heteroatoms. The third-order valence-corrected chi connectivity index (χ3v) is 2.80. The second kappa shape index (κ2) is 4.43. The molecular formula is C12H16N2O. The highest BCUT2D eigenvalue weighted by molar-refractivity contribution is 5.82. The zero-order valence-corrected chi connectivity index (χ0v) is 9.02. The molecule has 1 aromatic rings. The maximum Gasteiger partial charge on any atom is 0.153 e. The summed E-state index contributed by atoms with van der Waals surface area (Å²) >= 11 is 0. The minimum atomic E-state index is 0.694. The van der Waals surface area contributed by atoms with Crippen LogP contribution in [0.2, 0.25) is 0 Å². The Kier molecular flexibility index (Phi) is 2.99. The maximum atomic E-state index is 10.9. The number of aromatic nitrogens is 1. The molecule has 0 unspecified atom stereocenters. The number of nitrogens with zero attached hydrogens (tertiary/aromatic N) is 2. The van der Waals surface area contributed by atoms with Crippen molar-refractivity contribution in [1.29, 1.82) is 0 Å². The van der Waals surface area contributed by atoms with E-state index in [-0.39, 0.29) is 0 Å². The van der Waals surface area contributed by atoms with Gasteiger partial charge in [0.25, 0.3) is 0 Å². The average Bonchev–Trinajstić information content (AvgIpc) is 3.10. The summed E-state index contributed by atoms with van der Waals surface area (Å²) in [4.78, 5) is 17.4. The lowest BCUT2D eigenvalue weighted by Crippen LogP contribution is -2.27. The van der Waals surface area contributed by atoms with Crippen molar-refractivity contribution in [3.8, 4) is 0 Å². The average molecular weight is 204 g/mol. The first kappa shape index (κ1) is 10.1. The third-order valence-electron chi connectivity index (χ3n) is 2.80. The lowest BCUT2D eigenvalue weighted by atomic mass is 10.2. The molecule has 1 aliphatic carbocycles. The monoisotopic (exact) mass is 204 g/mol. The fourth-order valence-corrected chi connectivity index (χ4v) is 1.74. The molecular weight excluding hydrogens is 188 g/mol. The van der Waals surface area contributed by atoms with Crippen LogP contribution in [-0.2, 0) is 0 Å². The van der Waals surface area contributed by atoms with Crippen LogP contribution in [0.3, 0.4) is 0 Å². The summed E-state index contributed by atoms with van der Waals surface area (Å²) in [6.45, 7) is 4.05. The Balaban J connectivity index is 2.19. The summed E-state index contributed by atoms with van der Waals surface area (Å²) in [5.41, 5.74) is 0.694. The Hall–Kier alpha value is -1.38. The molecule has 2 rings (SSSR count). The Morgan fingerprint density at radius 2 is 2.40 bits per heavy atom. The summed E-state index contributed by atoms with van der Waals surface area (Å²) in [6.07, 6.45) is 5.27. The molecule has 15 heavy (non-hydrogen) atoms. The number of hydrogen-bond donors (Lipinski definition) is 0. The van der Waals surface area contributed by atoms with Gasteiger partial charge in [-0.15, -0.1) is 0 Å². The molecule has 0 saturated heterocycles. The number of aldehydes is 1. The van der Waals surface area contributed by atoms with Gasteiger partial charge in [0.2, 0.25) is 0 Å². The van der Waals surface area contributed by atoms with Crippen molar-refractivity contribution >= 4 is 12.1 Å². The zero-order chi connectivity index (χ0) is 10.7. The molecule has 1 aliphatic rings. The van der Waals surface area contributed by atoms with Gasteiger partial charge in [-0.25, -0.2) is 4.98 Å². The van der Waals surface area contributed by atoms with E-state index in [1.807, 2.05) is 6.07 Å². The van der Waals surface area contributed by atoms with Gasteiger partial charge in [-0.3, -0.25) is 4.79 Å². The molecule has 3 nitrogen and oxygen atoms in total. The highest BCUT2D eigenvalue weighted by atomic mass is 16.1. The highest BCUT2D eigenvalue weighted by Crippen LogP contribution is 2.31. The minimum Gasteiger partial charge on any atom is -0.356 e. The van der Waals surface area contributed by atoms with Crippen LogP contribution in [0.1, 0.15) is 30.1 Å². The predicted octanol–water partition coefficient (Wildman–Crippen LogP) is 2.13. The molecule has 1 saturated carbocycles. The number of hydrogen-bond acceptors (Lipinski definition) is 3. The number of anilines is 1. The van der Waals surface area contributed by atoms with Crippen molar-refractivity contribution < 1.29 is 4.79 Å². The molecule has 0 amide bonds. The maximum absolute atomic E-state index is 10.9. The molecule has 80 valence electrons. The summed E-state index contributed by atoms with van der Waals surface area (Å²) < 4.78 is 0. The van der Waals surface area contributed by atoms with Crippen LogP contribution in [0, 0.1) is 5.92 Å². The van der Waals surface area contributed by atoms with Crippen LogP contribution in [0.4, 0.5) is 5.82 Å². The van der Waals surface area contributed by atoms with E-state index in [1.165, 1.54) is 12.8 Å².